The summed E-state index contributed by atoms with van der Waals surface area (Å²) in [5.74, 6) is 6.31. The molecular weight excluding hydrogens is 286 g/mol. The van der Waals surface area contributed by atoms with Crippen molar-refractivity contribution in [1.82, 2.24) is 5.01 Å². The summed E-state index contributed by atoms with van der Waals surface area (Å²) < 4.78 is 0. The number of nitrogens with two attached hydrogens (primary N) is 2. The van der Waals surface area contributed by atoms with Gasteiger partial charge in [-0.05, 0) is 30.4 Å². The van der Waals surface area contributed by atoms with Gasteiger partial charge in [0.15, 0.2) is 0 Å². The van der Waals surface area contributed by atoms with Crippen LogP contribution in [0.5, 0.6) is 0 Å². The van der Waals surface area contributed by atoms with Crippen molar-refractivity contribution in [2.75, 3.05) is 6.54 Å². The maximum atomic E-state index is 12.3. The van der Waals surface area contributed by atoms with Crippen molar-refractivity contribution >= 4 is 6.29 Å². The molecule has 0 radical (unpaired) electrons. The number of benzene rings is 2. The second kappa shape index (κ2) is 6.24. The lowest BCUT2D eigenvalue weighted by molar-refractivity contribution is -0.129. The SMILES string of the molecule is NN1CCCC(N)(Cc2ccccc2)C1(C=O)c1ccccc1. The third-order valence-corrected chi connectivity index (χ3v) is 4.98. The first-order valence-electron chi connectivity index (χ1n) is 7.99. The molecule has 4 N–H and O–H groups in total. The number of hydrogen-bond acceptors (Lipinski definition) is 4. The van der Waals surface area contributed by atoms with Gasteiger partial charge < -0.3 is 10.5 Å². The smallest absolute Gasteiger partial charge is 0.148 e. The van der Waals surface area contributed by atoms with Crippen LogP contribution in [0.15, 0.2) is 60.7 Å². The Balaban J connectivity index is 2.10. The van der Waals surface area contributed by atoms with E-state index in [1.54, 1.807) is 5.01 Å². The standard InChI is InChI=1S/C19H23N3O/c20-18(14-16-8-3-1-4-9-16)12-7-13-22(21)19(18,15-23)17-10-5-2-6-11-17/h1-6,8-11,15H,7,12-14,20-21H2. The number of nitrogens with zero attached hydrogens (tertiary/aromatic N) is 1. The fourth-order valence-corrected chi connectivity index (χ4v) is 3.80. The lowest BCUT2D eigenvalue weighted by Gasteiger charge is -2.53. The number of rotatable bonds is 4. The Morgan fingerprint density at radius 2 is 1.65 bits per heavy atom. The molecule has 4 heteroatoms. The van der Waals surface area contributed by atoms with Gasteiger partial charge in [-0.2, -0.15) is 0 Å². The van der Waals surface area contributed by atoms with Gasteiger partial charge in [-0.3, -0.25) is 5.84 Å². The molecule has 2 unspecified atom stereocenters. The Hall–Kier alpha value is -2.01. The van der Waals surface area contributed by atoms with Gasteiger partial charge in [0.25, 0.3) is 0 Å². The van der Waals surface area contributed by atoms with Crippen LogP contribution in [0.25, 0.3) is 0 Å². The van der Waals surface area contributed by atoms with Crippen molar-refractivity contribution in [3.8, 4) is 0 Å². The van der Waals surface area contributed by atoms with Gasteiger partial charge in [0.2, 0.25) is 0 Å². The molecule has 4 nitrogen and oxygen atoms in total. The van der Waals surface area contributed by atoms with Gasteiger partial charge in [-0.1, -0.05) is 60.7 Å². The van der Waals surface area contributed by atoms with E-state index in [-0.39, 0.29) is 0 Å². The van der Waals surface area contributed by atoms with Gasteiger partial charge in [-0.25, -0.2) is 5.01 Å². The van der Waals surface area contributed by atoms with Crippen molar-refractivity contribution in [3.05, 3.63) is 71.8 Å². The first kappa shape index (κ1) is 15.9. The van der Waals surface area contributed by atoms with Crippen LogP contribution in [0.1, 0.15) is 24.0 Å². The van der Waals surface area contributed by atoms with Gasteiger partial charge in [0.1, 0.15) is 11.8 Å². The molecule has 1 saturated heterocycles. The molecule has 1 fully saturated rings. The first-order chi connectivity index (χ1) is 11.1. The average molecular weight is 309 g/mol. The summed E-state index contributed by atoms with van der Waals surface area (Å²) in [7, 11) is 0. The molecular formula is C19H23N3O. The molecule has 23 heavy (non-hydrogen) atoms. The van der Waals surface area contributed by atoms with Gasteiger partial charge in [0.05, 0.1) is 5.54 Å². The summed E-state index contributed by atoms with van der Waals surface area (Å²) >= 11 is 0. The van der Waals surface area contributed by atoms with Crippen LogP contribution in [0, 0.1) is 0 Å². The summed E-state index contributed by atoms with van der Waals surface area (Å²) in [4.78, 5) is 12.3. The highest BCUT2D eigenvalue weighted by Crippen LogP contribution is 2.42. The number of piperidine rings is 1. The van der Waals surface area contributed by atoms with Crippen LogP contribution in [0.3, 0.4) is 0 Å². The molecule has 0 bridgehead atoms. The van der Waals surface area contributed by atoms with E-state index < -0.39 is 11.1 Å². The molecule has 0 amide bonds. The van der Waals surface area contributed by atoms with E-state index in [4.69, 9.17) is 11.6 Å². The average Bonchev–Trinajstić information content (AvgIpc) is 2.57. The highest BCUT2D eigenvalue weighted by atomic mass is 16.1. The molecule has 0 spiro atoms. The fourth-order valence-electron chi connectivity index (χ4n) is 3.80. The predicted octanol–water partition coefficient (Wildman–Crippen LogP) is 1.99. The topological polar surface area (TPSA) is 72.3 Å². The molecule has 1 aliphatic heterocycles. The van der Waals surface area contributed by atoms with Crippen LogP contribution in [-0.4, -0.2) is 23.4 Å². The van der Waals surface area contributed by atoms with Crippen LogP contribution in [0.4, 0.5) is 0 Å². The van der Waals surface area contributed by atoms with Gasteiger partial charge in [-0.15, -0.1) is 0 Å². The zero-order chi connectivity index (χ0) is 16.3. The van der Waals surface area contributed by atoms with Crippen LogP contribution in [0.2, 0.25) is 0 Å². The van der Waals surface area contributed by atoms with Crippen LogP contribution >= 0.6 is 0 Å². The summed E-state index contributed by atoms with van der Waals surface area (Å²) in [6.45, 7) is 0.654. The molecule has 120 valence electrons. The highest BCUT2D eigenvalue weighted by molar-refractivity contribution is 5.71. The van der Waals surface area contributed by atoms with Crippen molar-refractivity contribution in [3.63, 3.8) is 0 Å². The Bertz CT molecular complexity index is 661. The summed E-state index contributed by atoms with van der Waals surface area (Å²) in [6.07, 6.45) is 3.17. The summed E-state index contributed by atoms with van der Waals surface area (Å²) in [5.41, 5.74) is 7.07. The van der Waals surface area contributed by atoms with Crippen molar-refractivity contribution < 1.29 is 4.79 Å². The second-order valence-corrected chi connectivity index (χ2v) is 6.37. The quantitative estimate of drug-likeness (QED) is 0.669. The minimum Gasteiger partial charge on any atom is -0.323 e. The first-order valence-corrected chi connectivity index (χ1v) is 7.99. The van der Waals surface area contributed by atoms with E-state index in [0.29, 0.717) is 13.0 Å². The van der Waals surface area contributed by atoms with Gasteiger partial charge >= 0.3 is 0 Å². The molecule has 2 aromatic rings. The minimum atomic E-state index is -1.01. The van der Waals surface area contributed by atoms with Crippen molar-refractivity contribution in [2.24, 2.45) is 11.6 Å². The molecule has 1 aliphatic rings. The van der Waals surface area contributed by atoms with Crippen molar-refractivity contribution in [2.45, 2.75) is 30.3 Å². The molecule has 2 aromatic carbocycles. The third-order valence-electron chi connectivity index (χ3n) is 4.98. The van der Waals surface area contributed by atoms with Crippen LogP contribution < -0.4 is 11.6 Å². The van der Waals surface area contributed by atoms with E-state index in [1.807, 2.05) is 60.7 Å². The number of hydrazine groups is 1. The molecule has 1 heterocycles. The normalized spacial score (nSPS) is 28.4. The lowest BCUT2D eigenvalue weighted by atomic mass is 9.65. The second-order valence-electron chi connectivity index (χ2n) is 6.37. The fraction of sp³-hybridized carbons (Fsp3) is 0.316. The zero-order valence-electron chi connectivity index (χ0n) is 13.2. The van der Waals surface area contributed by atoms with Gasteiger partial charge in [0, 0.05) is 6.54 Å². The lowest BCUT2D eigenvalue weighted by Crippen LogP contribution is -2.72. The van der Waals surface area contributed by atoms with E-state index >= 15 is 0 Å². The Morgan fingerprint density at radius 3 is 2.26 bits per heavy atom. The Kier molecular flexibility index (Phi) is 4.31. The zero-order valence-corrected chi connectivity index (χ0v) is 13.2. The molecule has 2 atom stereocenters. The maximum absolute atomic E-state index is 12.3. The van der Waals surface area contributed by atoms with E-state index in [9.17, 15) is 4.79 Å². The summed E-state index contributed by atoms with van der Waals surface area (Å²) in [5, 5.41) is 1.63. The number of carbonyl (C=O) groups is 1. The Morgan fingerprint density at radius 1 is 1.04 bits per heavy atom. The highest BCUT2D eigenvalue weighted by Gasteiger charge is 2.55. The molecule has 3 rings (SSSR count). The number of hydrogen-bond donors (Lipinski definition) is 2. The van der Waals surface area contributed by atoms with Crippen LogP contribution in [-0.2, 0) is 16.8 Å². The van der Waals surface area contributed by atoms with E-state index in [0.717, 1.165) is 30.3 Å². The number of carbonyl (C=O) groups excluding carboxylic acids is 1. The third kappa shape index (κ3) is 2.59. The minimum absolute atomic E-state index is 0.606. The largest absolute Gasteiger partial charge is 0.323 e. The predicted molar refractivity (Wildman–Crippen MR) is 91.4 cm³/mol. The van der Waals surface area contributed by atoms with E-state index in [2.05, 4.69) is 0 Å². The Labute approximate surface area is 137 Å². The monoisotopic (exact) mass is 309 g/mol. The van der Waals surface area contributed by atoms with E-state index in [1.165, 1.54) is 0 Å². The molecule has 0 saturated carbocycles. The summed E-state index contributed by atoms with van der Waals surface area (Å²) in [6, 6.07) is 19.7. The number of aldehydes is 1. The maximum Gasteiger partial charge on any atom is 0.148 e. The van der Waals surface area contributed by atoms with Crippen molar-refractivity contribution in [1.29, 1.82) is 0 Å². The molecule has 0 aromatic heterocycles. The molecule has 0 aliphatic carbocycles.